The zero-order valence-corrected chi connectivity index (χ0v) is 22.1. The van der Waals surface area contributed by atoms with Crippen LogP contribution in [0.5, 0.6) is 11.5 Å². The van der Waals surface area contributed by atoms with E-state index in [1.165, 1.54) is 18.2 Å². The van der Waals surface area contributed by atoms with Crippen LogP contribution in [0.3, 0.4) is 0 Å². The highest BCUT2D eigenvalue weighted by Gasteiger charge is 2.42. The Morgan fingerprint density at radius 2 is 1.25 bits per heavy atom. The molecule has 0 fully saturated rings. The summed E-state index contributed by atoms with van der Waals surface area (Å²) in [6, 6.07) is 11.8. The first-order valence-corrected chi connectivity index (χ1v) is 12.5. The van der Waals surface area contributed by atoms with E-state index in [0.717, 1.165) is 5.56 Å². The molecule has 4 rings (SSSR count). The molecule has 0 saturated heterocycles. The maximum Gasteiger partial charge on any atom is 0.573 e. The first kappa shape index (κ1) is 32.0. The molecule has 44 heavy (non-hydrogen) atoms. The fraction of sp³-hybridized carbons (Fsp3) is 0.125. The SMILES string of the molecule is C=CCCc1ccc(-c2ccc(C#Cc3cc(F)c(C(F)(F)Oc4cc(F)c(OC(F)(F)F)c(F)c4)c(F)c3)cc2)c(F)c1. The molecule has 12 heteroatoms. The number of ether oxygens (including phenoxy) is 2. The van der Waals surface area contributed by atoms with Crippen molar-refractivity contribution in [1.29, 1.82) is 0 Å². The van der Waals surface area contributed by atoms with E-state index in [4.69, 9.17) is 0 Å². The van der Waals surface area contributed by atoms with Crippen LogP contribution in [0, 0.1) is 40.9 Å². The third-order valence-electron chi connectivity index (χ3n) is 5.99. The predicted octanol–water partition coefficient (Wildman–Crippen LogP) is 9.59. The van der Waals surface area contributed by atoms with E-state index < -0.39 is 58.6 Å². The van der Waals surface area contributed by atoms with E-state index in [9.17, 15) is 43.9 Å². The van der Waals surface area contributed by atoms with E-state index in [2.05, 4.69) is 27.9 Å². The molecule has 0 unspecified atom stereocenters. The average molecular weight is 624 g/mol. The first-order valence-electron chi connectivity index (χ1n) is 12.5. The number of halogens is 10. The van der Waals surface area contributed by atoms with Crippen molar-refractivity contribution in [1.82, 2.24) is 0 Å². The van der Waals surface area contributed by atoms with E-state index >= 15 is 0 Å². The van der Waals surface area contributed by atoms with Gasteiger partial charge in [0.25, 0.3) is 0 Å². The second-order valence-electron chi connectivity index (χ2n) is 9.17. The van der Waals surface area contributed by atoms with E-state index in [0.29, 0.717) is 41.7 Å². The quantitative estimate of drug-likeness (QED) is 0.110. The molecule has 4 aromatic rings. The summed E-state index contributed by atoms with van der Waals surface area (Å²) in [7, 11) is 0. The molecule has 0 atom stereocenters. The third-order valence-corrected chi connectivity index (χ3v) is 5.99. The number of rotatable bonds is 8. The minimum atomic E-state index is -5.49. The van der Waals surface area contributed by atoms with E-state index in [1.54, 1.807) is 30.3 Å². The Kier molecular flexibility index (Phi) is 9.27. The van der Waals surface area contributed by atoms with Crippen LogP contribution in [-0.4, -0.2) is 6.36 Å². The fourth-order valence-corrected chi connectivity index (χ4v) is 4.03. The lowest BCUT2D eigenvalue weighted by Gasteiger charge is -2.20. The van der Waals surface area contributed by atoms with Crippen LogP contribution in [0.15, 0.2) is 79.4 Å². The highest BCUT2D eigenvalue weighted by molar-refractivity contribution is 5.65. The van der Waals surface area contributed by atoms with Crippen molar-refractivity contribution in [3.8, 4) is 34.5 Å². The molecule has 0 saturated carbocycles. The van der Waals surface area contributed by atoms with Gasteiger partial charge in [-0.2, -0.15) is 8.78 Å². The molecule has 0 heterocycles. The number of alkyl halides is 5. The lowest BCUT2D eigenvalue weighted by molar-refractivity contribution is -0.276. The molecular weight excluding hydrogens is 606 g/mol. The second-order valence-corrected chi connectivity index (χ2v) is 9.17. The van der Waals surface area contributed by atoms with E-state index in [-0.39, 0.29) is 17.7 Å². The topological polar surface area (TPSA) is 18.5 Å². The van der Waals surface area contributed by atoms with Gasteiger partial charge in [0.2, 0.25) is 5.75 Å². The third kappa shape index (κ3) is 7.72. The first-order chi connectivity index (χ1) is 20.7. The number of allylic oxidation sites excluding steroid dienone is 1. The fourth-order valence-electron chi connectivity index (χ4n) is 4.03. The molecule has 4 aromatic carbocycles. The summed E-state index contributed by atoms with van der Waals surface area (Å²) in [4.78, 5) is 0. The Hall–Kier alpha value is -4.92. The maximum absolute atomic E-state index is 14.6. The number of hydrogen-bond donors (Lipinski definition) is 0. The van der Waals surface area contributed by atoms with Gasteiger partial charge in [0.05, 0.1) is 0 Å². The Bertz CT molecular complexity index is 1700. The van der Waals surface area contributed by atoms with Gasteiger partial charge in [-0.25, -0.2) is 22.0 Å². The molecule has 0 aliphatic heterocycles. The minimum Gasteiger partial charge on any atom is -0.429 e. The molecule has 0 amide bonds. The highest BCUT2D eigenvalue weighted by Crippen LogP contribution is 2.38. The van der Waals surface area contributed by atoms with Gasteiger partial charge in [-0.3, -0.25) is 0 Å². The highest BCUT2D eigenvalue weighted by atomic mass is 19.4. The summed E-state index contributed by atoms with van der Waals surface area (Å²) in [5.74, 6) is -6.54. The van der Waals surface area contributed by atoms with Gasteiger partial charge >= 0.3 is 12.5 Å². The Morgan fingerprint density at radius 3 is 1.80 bits per heavy atom. The summed E-state index contributed by atoms with van der Waals surface area (Å²) in [5.41, 5.74) is -0.283. The van der Waals surface area contributed by atoms with Crippen molar-refractivity contribution in [2.24, 2.45) is 0 Å². The lowest BCUT2D eigenvalue weighted by Crippen LogP contribution is -2.25. The number of hydrogen-bond acceptors (Lipinski definition) is 2. The molecule has 0 bridgehead atoms. The Labute approximate surface area is 244 Å². The molecule has 2 nitrogen and oxygen atoms in total. The van der Waals surface area contributed by atoms with Crippen molar-refractivity contribution in [3.05, 3.63) is 131 Å². The van der Waals surface area contributed by atoms with Crippen molar-refractivity contribution in [3.63, 3.8) is 0 Å². The smallest absolute Gasteiger partial charge is 0.429 e. The van der Waals surface area contributed by atoms with Crippen molar-refractivity contribution < 1.29 is 53.4 Å². The number of benzene rings is 4. The Balaban J connectivity index is 1.52. The van der Waals surface area contributed by atoms with Gasteiger partial charge in [-0.05, 0) is 54.3 Å². The van der Waals surface area contributed by atoms with Gasteiger partial charge in [-0.15, -0.1) is 19.8 Å². The molecular formula is C32H18F10O2. The van der Waals surface area contributed by atoms with Crippen molar-refractivity contribution >= 4 is 0 Å². The average Bonchev–Trinajstić information content (AvgIpc) is 2.92. The summed E-state index contributed by atoms with van der Waals surface area (Å²) < 4.78 is 145. The summed E-state index contributed by atoms with van der Waals surface area (Å²) in [5, 5.41) is 0. The summed E-state index contributed by atoms with van der Waals surface area (Å²) >= 11 is 0. The zero-order valence-electron chi connectivity index (χ0n) is 22.1. The standard InChI is InChI=1S/C32H18F10O2/c1-2-3-4-19-9-12-23(24(33)13-19)21-10-7-18(8-11-21)5-6-20-14-25(34)29(26(35)15-20)31(38,39)43-22-16-27(36)30(28(37)17-22)44-32(40,41)42/h2,7-17H,1,3-4H2. The van der Waals surface area contributed by atoms with Crippen LogP contribution in [0.25, 0.3) is 11.1 Å². The normalized spacial score (nSPS) is 11.5. The molecule has 0 aromatic heterocycles. The number of aryl methyl sites for hydroxylation is 1. The van der Waals surface area contributed by atoms with Gasteiger partial charge in [0.1, 0.15) is 28.8 Å². The molecule has 0 N–H and O–H groups in total. The van der Waals surface area contributed by atoms with Crippen LogP contribution in [0.2, 0.25) is 0 Å². The zero-order chi connectivity index (χ0) is 32.2. The summed E-state index contributed by atoms with van der Waals surface area (Å²) in [6.07, 6.45) is -7.29. The maximum atomic E-state index is 14.6. The van der Waals surface area contributed by atoms with Crippen molar-refractivity contribution in [2.45, 2.75) is 25.3 Å². The summed E-state index contributed by atoms with van der Waals surface area (Å²) in [6.45, 7) is 3.63. The van der Waals surface area contributed by atoms with Crippen LogP contribution >= 0.6 is 0 Å². The van der Waals surface area contributed by atoms with Crippen LogP contribution < -0.4 is 9.47 Å². The lowest BCUT2D eigenvalue weighted by atomic mass is 10.00. The van der Waals surface area contributed by atoms with E-state index in [1.807, 2.05) is 0 Å². The molecule has 0 radical (unpaired) electrons. The van der Waals surface area contributed by atoms with Crippen LogP contribution in [0.1, 0.15) is 28.7 Å². The van der Waals surface area contributed by atoms with Gasteiger partial charge in [-0.1, -0.05) is 42.2 Å². The van der Waals surface area contributed by atoms with Crippen molar-refractivity contribution in [2.75, 3.05) is 0 Å². The van der Waals surface area contributed by atoms with Gasteiger partial charge in [0.15, 0.2) is 11.6 Å². The van der Waals surface area contributed by atoms with Gasteiger partial charge in [0, 0.05) is 28.8 Å². The minimum absolute atomic E-state index is 0.0766. The Morgan fingerprint density at radius 1 is 0.659 bits per heavy atom. The molecule has 0 spiro atoms. The van der Waals surface area contributed by atoms with Crippen LogP contribution in [0.4, 0.5) is 43.9 Å². The monoisotopic (exact) mass is 624 g/mol. The second kappa shape index (κ2) is 12.8. The van der Waals surface area contributed by atoms with Gasteiger partial charge < -0.3 is 9.47 Å². The molecule has 0 aliphatic rings. The molecule has 228 valence electrons. The molecule has 0 aliphatic carbocycles. The largest absolute Gasteiger partial charge is 0.573 e. The predicted molar refractivity (Wildman–Crippen MR) is 140 cm³/mol. The van der Waals surface area contributed by atoms with Crippen LogP contribution in [-0.2, 0) is 12.5 Å².